The number of likely N-dealkylation sites (N-methyl/N-ethyl adjacent to an activating group) is 1. The minimum atomic E-state index is 0.176. The Bertz CT molecular complexity index is 428. The van der Waals surface area contributed by atoms with Crippen molar-refractivity contribution in [3.8, 4) is 0 Å². The molecule has 92 valence electrons. The molecule has 1 amide bonds. The highest BCUT2D eigenvalue weighted by Gasteiger charge is 2.23. The molecule has 0 spiro atoms. The fraction of sp³-hybridized carbons (Fsp3) is 0.500. The zero-order chi connectivity index (χ0) is 12.4. The van der Waals surface area contributed by atoms with Crippen LogP contribution in [0, 0.1) is 0 Å². The zero-order valence-electron chi connectivity index (χ0n) is 10.6. The van der Waals surface area contributed by atoms with Crippen LogP contribution in [0.2, 0.25) is 0 Å². The molecule has 0 aliphatic carbocycles. The second-order valence-corrected chi connectivity index (χ2v) is 4.85. The van der Waals surface area contributed by atoms with E-state index in [2.05, 4.69) is 19.1 Å². The molecule has 0 radical (unpaired) electrons. The number of nitrogens with zero attached hydrogens (tertiary/aromatic N) is 1. The summed E-state index contributed by atoms with van der Waals surface area (Å²) in [4.78, 5) is 13.3. The van der Waals surface area contributed by atoms with Crippen molar-refractivity contribution in [3.63, 3.8) is 0 Å². The van der Waals surface area contributed by atoms with Crippen LogP contribution in [-0.4, -0.2) is 19.0 Å². The van der Waals surface area contributed by atoms with Crippen molar-refractivity contribution in [2.75, 3.05) is 11.9 Å². The molecule has 0 saturated carbocycles. The normalized spacial score (nSPS) is 16.2. The van der Waals surface area contributed by atoms with E-state index >= 15 is 0 Å². The second-order valence-electron chi connectivity index (χ2n) is 4.85. The minimum absolute atomic E-state index is 0.176. The number of benzene rings is 1. The minimum Gasteiger partial charge on any atom is -0.327 e. The zero-order valence-corrected chi connectivity index (χ0v) is 10.6. The molecule has 1 heterocycles. The van der Waals surface area contributed by atoms with E-state index in [1.165, 1.54) is 5.56 Å². The quantitative estimate of drug-likeness (QED) is 0.861. The van der Waals surface area contributed by atoms with Crippen LogP contribution in [0.5, 0.6) is 0 Å². The average Bonchev–Trinajstić information content (AvgIpc) is 2.55. The Labute approximate surface area is 103 Å². The number of nitrogens with two attached hydrogens (primary N) is 1. The van der Waals surface area contributed by atoms with Crippen LogP contribution < -0.4 is 10.6 Å². The van der Waals surface area contributed by atoms with Crippen LogP contribution in [0.3, 0.4) is 0 Å². The van der Waals surface area contributed by atoms with Crippen molar-refractivity contribution in [1.29, 1.82) is 0 Å². The van der Waals surface area contributed by atoms with Gasteiger partial charge in [-0.25, -0.2) is 0 Å². The molecule has 1 aliphatic rings. The van der Waals surface area contributed by atoms with Gasteiger partial charge in [0.2, 0.25) is 5.91 Å². The molecule has 17 heavy (non-hydrogen) atoms. The molecule has 1 aromatic carbocycles. The Morgan fingerprint density at radius 2 is 2.24 bits per heavy atom. The summed E-state index contributed by atoms with van der Waals surface area (Å²) in [7, 11) is 1.83. The molecular formula is C14H20N2O. The number of carbonyl (C=O) groups excluding carboxylic acids is 1. The number of carbonyl (C=O) groups is 1. The number of fused-ring (bicyclic) bond motifs is 1. The van der Waals surface area contributed by atoms with Crippen molar-refractivity contribution < 1.29 is 4.79 Å². The van der Waals surface area contributed by atoms with Gasteiger partial charge in [-0.05, 0) is 30.0 Å². The van der Waals surface area contributed by atoms with E-state index in [1.54, 1.807) is 4.90 Å². The maximum Gasteiger partial charge on any atom is 0.231 e. The molecule has 0 saturated heterocycles. The third kappa shape index (κ3) is 2.50. The fourth-order valence-corrected chi connectivity index (χ4v) is 2.43. The van der Waals surface area contributed by atoms with Crippen molar-refractivity contribution in [1.82, 2.24) is 0 Å². The van der Waals surface area contributed by atoms with Gasteiger partial charge in [-0.1, -0.05) is 25.5 Å². The Balaban J connectivity index is 2.13. The summed E-state index contributed by atoms with van der Waals surface area (Å²) in [6.07, 6.45) is 3.60. The topological polar surface area (TPSA) is 46.3 Å². The third-order valence-electron chi connectivity index (χ3n) is 3.38. The number of anilines is 1. The molecule has 0 aromatic heterocycles. The van der Waals surface area contributed by atoms with Crippen LogP contribution in [0.25, 0.3) is 0 Å². The summed E-state index contributed by atoms with van der Waals surface area (Å²) in [5.41, 5.74) is 9.46. The Morgan fingerprint density at radius 1 is 1.47 bits per heavy atom. The van der Waals surface area contributed by atoms with Crippen LogP contribution in [0.4, 0.5) is 5.69 Å². The van der Waals surface area contributed by atoms with Gasteiger partial charge in [-0.2, -0.15) is 0 Å². The van der Waals surface area contributed by atoms with Crippen molar-refractivity contribution >= 4 is 11.6 Å². The lowest BCUT2D eigenvalue weighted by Gasteiger charge is -2.13. The molecule has 3 heteroatoms. The van der Waals surface area contributed by atoms with E-state index in [0.29, 0.717) is 6.42 Å². The third-order valence-corrected chi connectivity index (χ3v) is 3.38. The van der Waals surface area contributed by atoms with E-state index < -0.39 is 0 Å². The van der Waals surface area contributed by atoms with E-state index in [-0.39, 0.29) is 11.9 Å². The first kappa shape index (κ1) is 12.1. The predicted octanol–water partition coefficient (Wildman–Crippen LogP) is 1.88. The molecule has 0 fully saturated rings. The average molecular weight is 232 g/mol. The van der Waals surface area contributed by atoms with Crippen LogP contribution in [0.1, 0.15) is 30.9 Å². The highest BCUT2D eigenvalue weighted by Crippen LogP contribution is 2.28. The van der Waals surface area contributed by atoms with Gasteiger partial charge in [-0.3, -0.25) is 4.79 Å². The summed E-state index contributed by atoms with van der Waals surface area (Å²) >= 11 is 0. The molecule has 1 atom stereocenters. The highest BCUT2D eigenvalue weighted by molar-refractivity contribution is 6.00. The van der Waals surface area contributed by atoms with Gasteiger partial charge in [0.05, 0.1) is 6.42 Å². The first-order valence-corrected chi connectivity index (χ1v) is 6.25. The molecule has 1 unspecified atom stereocenters. The van der Waals surface area contributed by atoms with E-state index in [0.717, 1.165) is 30.5 Å². The highest BCUT2D eigenvalue weighted by atomic mass is 16.2. The Kier molecular flexibility index (Phi) is 3.48. The van der Waals surface area contributed by atoms with Crippen LogP contribution in [-0.2, 0) is 17.6 Å². The molecule has 0 bridgehead atoms. The molecule has 2 rings (SSSR count). The first-order valence-electron chi connectivity index (χ1n) is 6.25. The van der Waals surface area contributed by atoms with Crippen molar-refractivity contribution in [2.45, 2.75) is 38.6 Å². The monoisotopic (exact) mass is 232 g/mol. The largest absolute Gasteiger partial charge is 0.327 e. The number of hydrogen-bond donors (Lipinski definition) is 1. The maximum atomic E-state index is 11.6. The molecule has 2 N–H and O–H groups in total. The van der Waals surface area contributed by atoms with E-state index in [9.17, 15) is 4.79 Å². The summed E-state index contributed by atoms with van der Waals surface area (Å²) in [6.45, 7) is 2.15. The van der Waals surface area contributed by atoms with Gasteiger partial charge in [-0.15, -0.1) is 0 Å². The standard InChI is InChI=1S/C14H20N2O/c1-3-4-12(15)8-10-5-6-13-11(7-10)9-14(17)16(13)2/h5-7,12H,3-4,8-9,15H2,1-2H3. The van der Waals surface area contributed by atoms with Crippen molar-refractivity contribution in [2.24, 2.45) is 5.73 Å². The van der Waals surface area contributed by atoms with Crippen molar-refractivity contribution in [3.05, 3.63) is 29.3 Å². The van der Waals surface area contributed by atoms with Gasteiger partial charge in [0.1, 0.15) is 0 Å². The van der Waals surface area contributed by atoms with E-state index in [1.807, 2.05) is 13.1 Å². The summed E-state index contributed by atoms with van der Waals surface area (Å²) in [6, 6.07) is 6.48. The summed E-state index contributed by atoms with van der Waals surface area (Å²) < 4.78 is 0. The smallest absolute Gasteiger partial charge is 0.231 e. The van der Waals surface area contributed by atoms with Gasteiger partial charge in [0, 0.05) is 18.8 Å². The lowest BCUT2D eigenvalue weighted by Crippen LogP contribution is -2.22. The van der Waals surface area contributed by atoms with Gasteiger partial charge >= 0.3 is 0 Å². The molecular weight excluding hydrogens is 212 g/mol. The Morgan fingerprint density at radius 3 is 2.94 bits per heavy atom. The van der Waals surface area contributed by atoms with Crippen LogP contribution >= 0.6 is 0 Å². The van der Waals surface area contributed by atoms with Gasteiger partial charge in [0.15, 0.2) is 0 Å². The molecule has 3 nitrogen and oxygen atoms in total. The summed E-state index contributed by atoms with van der Waals surface area (Å²) in [5.74, 6) is 0.176. The Hall–Kier alpha value is -1.35. The lowest BCUT2D eigenvalue weighted by molar-refractivity contribution is -0.117. The molecule has 1 aliphatic heterocycles. The first-order chi connectivity index (χ1) is 8.11. The number of rotatable bonds is 4. The van der Waals surface area contributed by atoms with Crippen LogP contribution in [0.15, 0.2) is 18.2 Å². The maximum absolute atomic E-state index is 11.6. The number of amides is 1. The number of hydrogen-bond acceptors (Lipinski definition) is 2. The van der Waals surface area contributed by atoms with Gasteiger partial charge in [0.25, 0.3) is 0 Å². The molecule has 1 aromatic rings. The fourth-order valence-electron chi connectivity index (χ4n) is 2.43. The van der Waals surface area contributed by atoms with Gasteiger partial charge < -0.3 is 10.6 Å². The SMILES string of the molecule is CCCC(N)Cc1ccc2c(c1)CC(=O)N2C. The van der Waals surface area contributed by atoms with E-state index in [4.69, 9.17) is 5.73 Å². The lowest BCUT2D eigenvalue weighted by atomic mass is 10.00. The second kappa shape index (κ2) is 4.88. The summed E-state index contributed by atoms with van der Waals surface area (Å²) in [5, 5.41) is 0. The predicted molar refractivity (Wildman–Crippen MR) is 70.1 cm³/mol.